The standard InChI is InChI=1S/C9H10N2OS.C5H5IN2OS/c1-3-7-4-6-5-10-9(13-2)11-8(6)12-7;1-10-5-7-2-3(6)4(9)8-5/h4-5H,3H2,1-2H3;2H,1H3,(H,7,8,9). The second kappa shape index (κ2) is 8.69. The fourth-order valence-electron chi connectivity index (χ4n) is 1.61. The largest absolute Gasteiger partial charge is 0.443 e. The Hall–Kier alpha value is -1.07. The van der Waals surface area contributed by atoms with Gasteiger partial charge in [0, 0.05) is 18.8 Å². The lowest BCUT2D eigenvalue weighted by Gasteiger charge is -1.92. The van der Waals surface area contributed by atoms with Crippen molar-refractivity contribution in [1.29, 1.82) is 0 Å². The van der Waals surface area contributed by atoms with E-state index in [-0.39, 0.29) is 5.56 Å². The molecule has 0 radical (unpaired) electrons. The van der Waals surface area contributed by atoms with E-state index in [0.717, 1.165) is 22.7 Å². The lowest BCUT2D eigenvalue weighted by Crippen LogP contribution is -2.10. The van der Waals surface area contributed by atoms with Crippen molar-refractivity contribution in [1.82, 2.24) is 19.9 Å². The monoisotopic (exact) mass is 462 g/mol. The normalized spacial score (nSPS) is 10.4. The summed E-state index contributed by atoms with van der Waals surface area (Å²) in [5.41, 5.74) is 0.621. The number of H-pyrrole nitrogens is 1. The van der Waals surface area contributed by atoms with Crippen LogP contribution in [-0.2, 0) is 6.42 Å². The average Bonchev–Trinajstić information content (AvgIpc) is 3.00. The van der Waals surface area contributed by atoms with E-state index >= 15 is 0 Å². The molecular formula is C14H15IN4O2S2. The fraction of sp³-hybridized carbons (Fsp3) is 0.286. The summed E-state index contributed by atoms with van der Waals surface area (Å²) in [7, 11) is 0. The first-order valence-corrected chi connectivity index (χ1v) is 10.2. The molecule has 0 atom stereocenters. The van der Waals surface area contributed by atoms with Crippen LogP contribution >= 0.6 is 46.1 Å². The first-order valence-electron chi connectivity index (χ1n) is 6.65. The highest BCUT2D eigenvalue weighted by molar-refractivity contribution is 14.1. The summed E-state index contributed by atoms with van der Waals surface area (Å²) >= 11 is 4.88. The van der Waals surface area contributed by atoms with Gasteiger partial charge in [-0.1, -0.05) is 30.4 Å². The zero-order chi connectivity index (χ0) is 16.8. The highest BCUT2D eigenvalue weighted by Gasteiger charge is 2.04. The van der Waals surface area contributed by atoms with Crippen molar-refractivity contribution in [2.75, 3.05) is 12.5 Å². The number of hydrogen-bond acceptors (Lipinski definition) is 7. The van der Waals surface area contributed by atoms with Crippen LogP contribution in [0.5, 0.6) is 0 Å². The maximum absolute atomic E-state index is 10.9. The van der Waals surface area contributed by atoms with Gasteiger partial charge in [0.2, 0.25) is 5.71 Å². The van der Waals surface area contributed by atoms with Gasteiger partial charge in [0.15, 0.2) is 10.3 Å². The van der Waals surface area contributed by atoms with Gasteiger partial charge in [-0.2, -0.15) is 4.98 Å². The number of aryl methyl sites for hydroxylation is 1. The lowest BCUT2D eigenvalue weighted by molar-refractivity contribution is 0.543. The van der Waals surface area contributed by atoms with E-state index in [1.165, 1.54) is 23.5 Å². The van der Waals surface area contributed by atoms with Crippen LogP contribution in [0.2, 0.25) is 0 Å². The van der Waals surface area contributed by atoms with Crippen molar-refractivity contribution in [2.24, 2.45) is 0 Å². The van der Waals surface area contributed by atoms with Gasteiger partial charge in [-0.05, 0) is 41.2 Å². The minimum Gasteiger partial charge on any atom is -0.443 e. The second-order valence-corrected chi connectivity index (χ2v) is 6.98. The summed E-state index contributed by atoms with van der Waals surface area (Å²) < 4.78 is 6.12. The van der Waals surface area contributed by atoms with Gasteiger partial charge in [0.1, 0.15) is 5.76 Å². The Morgan fingerprint density at radius 2 is 2.04 bits per heavy atom. The summed E-state index contributed by atoms with van der Waals surface area (Å²) in [5.74, 6) is 0.961. The van der Waals surface area contributed by atoms with Gasteiger partial charge in [0.05, 0.1) is 8.96 Å². The molecule has 3 heterocycles. The summed E-state index contributed by atoms with van der Waals surface area (Å²) in [6.45, 7) is 2.06. The average molecular weight is 462 g/mol. The molecule has 0 unspecified atom stereocenters. The van der Waals surface area contributed by atoms with Gasteiger partial charge < -0.3 is 9.40 Å². The highest BCUT2D eigenvalue weighted by Crippen LogP contribution is 2.19. The molecule has 0 aliphatic heterocycles. The summed E-state index contributed by atoms with van der Waals surface area (Å²) in [5, 5.41) is 2.39. The summed E-state index contributed by atoms with van der Waals surface area (Å²) in [4.78, 5) is 25.9. The number of hydrogen-bond donors (Lipinski definition) is 1. The topological polar surface area (TPSA) is 84.7 Å². The molecule has 3 rings (SSSR count). The summed E-state index contributed by atoms with van der Waals surface area (Å²) in [6, 6.07) is 1.99. The molecule has 23 heavy (non-hydrogen) atoms. The van der Waals surface area contributed by atoms with Crippen LogP contribution < -0.4 is 5.56 Å². The van der Waals surface area contributed by atoms with E-state index < -0.39 is 0 Å². The van der Waals surface area contributed by atoms with E-state index in [2.05, 4.69) is 26.9 Å². The van der Waals surface area contributed by atoms with E-state index in [9.17, 15) is 4.79 Å². The molecule has 0 aliphatic carbocycles. The van der Waals surface area contributed by atoms with Gasteiger partial charge in [0.25, 0.3) is 5.56 Å². The number of aromatic amines is 1. The second-order valence-electron chi connectivity index (χ2n) is 4.25. The number of aromatic nitrogens is 4. The van der Waals surface area contributed by atoms with Crippen LogP contribution in [-0.4, -0.2) is 32.4 Å². The molecule has 0 amide bonds. The smallest absolute Gasteiger partial charge is 0.264 e. The quantitative estimate of drug-likeness (QED) is 0.362. The number of halogens is 1. The van der Waals surface area contributed by atoms with Crippen LogP contribution in [0.4, 0.5) is 0 Å². The number of thioether (sulfide) groups is 2. The Morgan fingerprint density at radius 3 is 2.65 bits per heavy atom. The highest BCUT2D eigenvalue weighted by atomic mass is 127. The van der Waals surface area contributed by atoms with Crippen LogP contribution in [0.1, 0.15) is 12.7 Å². The van der Waals surface area contributed by atoms with Gasteiger partial charge in [-0.15, -0.1) is 0 Å². The molecule has 6 nitrogen and oxygen atoms in total. The number of furan rings is 1. The number of nitrogens with one attached hydrogen (secondary N) is 1. The molecule has 0 aliphatic rings. The first-order chi connectivity index (χ1) is 11.1. The molecule has 0 spiro atoms. The Balaban J connectivity index is 0.000000174. The lowest BCUT2D eigenvalue weighted by atomic mass is 10.3. The number of nitrogens with zero attached hydrogens (tertiary/aromatic N) is 3. The maximum atomic E-state index is 10.9. The Bertz CT molecular complexity index is 848. The molecule has 3 aromatic heterocycles. The zero-order valence-electron chi connectivity index (χ0n) is 12.8. The molecule has 0 saturated heterocycles. The van der Waals surface area contributed by atoms with E-state index in [0.29, 0.717) is 14.4 Å². The third kappa shape index (κ3) is 4.95. The first kappa shape index (κ1) is 18.3. The Morgan fingerprint density at radius 1 is 1.26 bits per heavy atom. The summed E-state index contributed by atoms with van der Waals surface area (Å²) in [6.07, 6.45) is 8.07. The predicted octanol–water partition coefficient (Wildman–Crippen LogP) is 3.60. The molecular weight excluding hydrogens is 447 g/mol. The number of rotatable bonds is 3. The van der Waals surface area contributed by atoms with Crippen molar-refractivity contribution < 1.29 is 4.42 Å². The molecule has 122 valence electrons. The molecule has 0 saturated carbocycles. The molecule has 0 aromatic carbocycles. The fourth-order valence-corrected chi connectivity index (χ4v) is 2.57. The van der Waals surface area contributed by atoms with Gasteiger partial charge in [-0.25, -0.2) is 9.97 Å². The zero-order valence-corrected chi connectivity index (χ0v) is 16.6. The van der Waals surface area contributed by atoms with Crippen molar-refractivity contribution in [3.05, 3.63) is 38.1 Å². The number of fused-ring (bicyclic) bond motifs is 1. The van der Waals surface area contributed by atoms with Crippen LogP contribution in [0.3, 0.4) is 0 Å². The maximum Gasteiger partial charge on any atom is 0.264 e. The third-order valence-corrected chi connectivity index (χ3v) is 4.68. The van der Waals surface area contributed by atoms with Crippen LogP contribution in [0, 0.1) is 3.57 Å². The molecule has 3 aromatic rings. The third-order valence-electron chi connectivity index (χ3n) is 2.76. The predicted molar refractivity (Wildman–Crippen MR) is 102 cm³/mol. The molecule has 0 bridgehead atoms. The van der Waals surface area contributed by atoms with E-state index in [4.69, 9.17) is 4.42 Å². The van der Waals surface area contributed by atoms with Crippen molar-refractivity contribution in [3.8, 4) is 0 Å². The minimum atomic E-state index is -0.0695. The van der Waals surface area contributed by atoms with Crippen molar-refractivity contribution >= 4 is 57.2 Å². The molecule has 1 N–H and O–H groups in total. The van der Waals surface area contributed by atoms with Crippen molar-refractivity contribution in [3.63, 3.8) is 0 Å². The van der Waals surface area contributed by atoms with E-state index in [1.807, 2.05) is 41.2 Å². The minimum absolute atomic E-state index is 0.0695. The van der Waals surface area contributed by atoms with Crippen LogP contribution in [0.25, 0.3) is 11.1 Å². The Labute approximate surface area is 155 Å². The molecule has 0 fully saturated rings. The van der Waals surface area contributed by atoms with Crippen LogP contribution in [0.15, 0.2) is 38.0 Å². The Kier molecular flexibility index (Phi) is 6.90. The van der Waals surface area contributed by atoms with Gasteiger partial charge in [-0.3, -0.25) is 4.79 Å². The van der Waals surface area contributed by atoms with Gasteiger partial charge >= 0.3 is 0 Å². The van der Waals surface area contributed by atoms with E-state index in [1.54, 1.807) is 12.4 Å². The SMILES string of the molecule is CCc1cc2cnc(SC)nc2o1.CSc1ncc(I)c(=O)[nH]1. The molecule has 9 heteroatoms. The van der Waals surface area contributed by atoms with Crippen molar-refractivity contribution in [2.45, 2.75) is 23.7 Å².